The maximum absolute atomic E-state index is 12.2. The van der Waals surface area contributed by atoms with Gasteiger partial charge in [-0.3, -0.25) is 9.21 Å². The Hall–Kier alpha value is -1.86. The fourth-order valence-electron chi connectivity index (χ4n) is 4.20. The average molecular weight is 360 g/mol. The number of hydrogen-bond donors (Lipinski definition) is 0. The van der Waals surface area contributed by atoms with Gasteiger partial charge in [-0.05, 0) is 37.6 Å². The summed E-state index contributed by atoms with van der Waals surface area (Å²) in [6.45, 7) is 3.33. The molecule has 1 fully saturated rings. The highest BCUT2D eigenvalue weighted by atomic mass is 32.2. The smallest absolute Gasteiger partial charge is 0.232 e. The van der Waals surface area contributed by atoms with Crippen LogP contribution in [0.25, 0.3) is 0 Å². The van der Waals surface area contributed by atoms with Crippen molar-refractivity contribution in [3.8, 4) is 0 Å². The number of anilines is 1. The first-order valence-electron chi connectivity index (χ1n) is 8.65. The number of imidazole rings is 1. The topological polar surface area (TPSA) is 58.4 Å². The summed E-state index contributed by atoms with van der Waals surface area (Å²) in [6, 6.07) is 7.99. The minimum absolute atomic E-state index is 0.0577. The highest BCUT2D eigenvalue weighted by Crippen LogP contribution is 2.47. The van der Waals surface area contributed by atoms with E-state index in [1.165, 1.54) is 11.8 Å². The quantitative estimate of drug-likeness (QED) is 0.836. The number of piperidine rings is 1. The number of aryl methyl sites for hydroxylation is 1. The van der Waals surface area contributed by atoms with Gasteiger partial charge in [0.25, 0.3) is 0 Å². The van der Waals surface area contributed by atoms with Crippen LogP contribution in [0.2, 0.25) is 0 Å². The number of hydrogen-bond acceptors (Lipinski definition) is 4. The van der Waals surface area contributed by atoms with E-state index in [1.54, 1.807) is 4.31 Å². The van der Waals surface area contributed by atoms with Gasteiger partial charge >= 0.3 is 0 Å². The summed E-state index contributed by atoms with van der Waals surface area (Å²) in [5.74, 6) is 1.07. The molecule has 134 valence electrons. The first-order chi connectivity index (χ1) is 11.9. The van der Waals surface area contributed by atoms with Gasteiger partial charge in [-0.25, -0.2) is 13.4 Å². The van der Waals surface area contributed by atoms with E-state index >= 15 is 0 Å². The van der Waals surface area contributed by atoms with Gasteiger partial charge in [-0.15, -0.1) is 0 Å². The van der Waals surface area contributed by atoms with Crippen molar-refractivity contribution in [2.24, 2.45) is 7.05 Å². The highest BCUT2D eigenvalue weighted by molar-refractivity contribution is 7.92. The van der Waals surface area contributed by atoms with Crippen LogP contribution < -0.4 is 4.31 Å². The molecule has 2 aliphatic rings. The molecule has 6 nitrogen and oxygen atoms in total. The van der Waals surface area contributed by atoms with Gasteiger partial charge < -0.3 is 4.57 Å². The number of aromatic nitrogens is 2. The van der Waals surface area contributed by atoms with Crippen molar-refractivity contribution in [2.75, 3.05) is 30.2 Å². The van der Waals surface area contributed by atoms with Crippen LogP contribution >= 0.6 is 0 Å². The molecule has 0 amide bonds. The van der Waals surface area contributed by atoms with Gasteiger partial charge in [0.05, 0.1) is 18.5 Å². The number of fused-ring (bicyclic) bond motifs is 2. The molecule has 0 bridgehead atoms. The summed E-state index contributed by atoms with van der Waals surface area (Å²) in [6.07, 6.45) is 7.05. The lowest BCUT2D eigenvalue weighted by Crippen LogP contribution is -2.45. The van der Waals surface area contributed by atoms with Crippen molar-refractivity contribution >= 4 is 15.7 Å². The van der Waals surface area contributed by atoms with E-state index in [1.807, 2.05) is 37.6 Å². The second-order valence-electron chi connectivity index (χ2n) is 7.30. The van der Waals surface area contributed by atoms with Crippen LogP contribution in [0.1, 0.15) is 24.2 Å². The van der Waals surface area contributed by atoms with Crippen molar-refractivity contribution < 1.29 is 8.42 Å². The van der Waals surface area contributed by atoms with Crippen LogP contribution in [0.15, 0.2) is 36.7 Å². The molecule has 4 rings (SSSR count). The van der Waals surface area contributed by atoms with Crippen LogP contribution in [0.3, 0.4) is 0 Å². The third kappa shape index (κ3) is 2.85. The Kier molecular flexibility index (Phi) is 3.88. The number of likely N-dealkylation sites (tertiary alicyclic amines) is 1. The van der Waals surface area contributed by atoms with Crippen LogP contribution in [-0.4, -0.2) is 48.8 Å². The van der Waals surface area contributed by atoms with E-state index in [4.69, 9.17) is 0 Å². The molecule has 3 heterocycles. The van der Waals surface area contributed by atoms with E-state index < -0.39 is 10.0 Å². The molecule has 0 radical (unpaired) electrons. The van der Waals surface area contributed by atoms with Crippen LogP contribution in [-0.2, 0) is 29.0 Å². The zero-order chi connectivity index (χ0) is 17.7. The largest absolute Gasteiger partial charge is 0.337 e. The molecule has 25 heavy (non-hydrogen) atoms. The molecule has 1 spiro atoms. The second kappa shape index (κ2) is 5.85. The monoisotopic (exact) mass is 360 g/mol. The van der Waals surface area contributed by atoms with Crippen molar-refractivity contribution in [1.29, 1.82) is 0 Å². The lowest BCUT2D eigenvalue weighted by atomic mass is 9.74. The van der Waals surface area contributed by atoms with E-state index in [9.17, 15) is 8.42 Å². The Balaban J connectivity index is 1.56. The van der Waals surface area contributed by atoms with Gasteiger partial charge in [0.15, 0.2) is 0 Å². The normalized spacial score (nSPS) is 20.2. The van der Waals surface area contributed by atoms with Crippen molar-refractivity contribution in [3.63, 3.8) is 0 Å². The predicted octanol–water partition coefficient (Wildman–Crippen LogP) is 1.73. The maximum atomic E-state index is 12.2. The zero-order valence-corrected chi connectivity index (χ0v) is 15.5. The second-order valence-corrected chi connectivity index (χ2v) is 9.20. The summed E-state index contributed by atoms with van der Waals surface area (Å²) in [7, 11) is -1.23. The lowest BCUT2D eigenvalue weighted by molar-refractivity contribution is 0.157. The van der Waals surface area contributed by atoms with Gasteiger partial charge in [0.2, 0.25) is 10.0 Å². The van der Waals surface area contributed by atoms with E-state index in [2.05, 4.69) is 20.5 Å². The first-order valence-corrected chi connectivity index (χ1v) is 10.5. The number of sulfonamides is 1. The SMILES string of the molecule is Cn1ccnc1CN1CCC2(CC1)CN(S(C)(=O)=O)c1ccccc12. The van der Waals surface area contributed by atoms with Gasteiger partial charge in [0, 0.05) is 31.4 Å². The molecule has 7 heteroatoms. The standard InChI is InChI=1S/C18H24N4O2S/c1-20-12-9-19-17(20)13-21-10-7-18(8-11-21)14-22(25(2,23)24)16-6-4-3-5-15(16)18/h3-6,9,12H,7-8,10-11,13-14H2,1-2H3. The molecule has 1 saturated heterocycles. The number of benzene rings is 1. The van der Waals surface area contributed by atoms with Crippen molar-refractivity contribution in [2.45, 2.75) is 24.8 Å². The Labute approximate surface area is 149 Å². The van der Waals surface area contributed by atoms with Crippen LogP contribution in [0.5, 0.6) is 0 Å². The van der Waals surface area contributed by atoms with Crippen molar-refractivity contribution in [1.82, 2.24) is 14.5 Å². The molecule has 1 aromatic heterocycles. The van der Waals surface area contributed by atoms with Crippen LogP contribution in [0, 0.1) is 0 Å². The summed E-state index contributed by atoms with van der Waals surface area (Å²) in [5, 5.41) is 0. The number of para-hydroxylation sites is 1. The molecule has 0 saturated carbocycles. The third-order valence-electron chi connectivity index (χ3n) is 5.69. The minimum Gasteiger partial charge on any atom is -0.337 e. The van der Waals surface area contributed by atoms with Crippen LogP contribution in [0.4, 0.5) is 5.69 Å². The summed E-state index contributed by atoms with van der Waals surface area (Å²) >= 11 is 0. The summed E-state index contributed by atoms with van der Waals surface area (Å²) in [4.78, 5) is 6.83. The predicted molar refractivity (Wildman–Crippen MR) is 98.0 cm³/mol. The van der Waals surface area contributed by atoms with E-state index in [-0.39, 0.29) is 5.41 Å². The zero-order valence-electron chi connectivity index (χ0n) is 14.7. The molecule has 2 aromatic rings. The molecule has 0 N–H and O–H groups in total. The van der Waals surface area contributed by atoms with Gasteiger partial charge in [0.1, 0.15) is 5.82 Å². The fraction of sp³-hybridized carbons (Fsp3) is 0.500. The minimum atomic E-state index is -3.25. The molecular formula is C18H24N4O2S. The Morgan fingerprint density at radius 3 is 2.56 bits per heavy atom. The lowest BCUT2D eigenvalue weighted by Gasteiger charge is -2.39. The summed E-state index contributed by atoms with van der Waals surface area (Å²) < 4.78 is 28.1. The molecule has 0 aliphatic carbocycles. The molecular weight excluding hydrogens is 336 g/mol. The Morgan fingerprint density at radius 1 is 1.20 bits per heavy atom. The fourth-order valence-corrected chi connectivity index (χ4v) is 5.19. The average Bonchev–Trinajstić information content (AvgIpc) is 3.12. The van der Waals surface area contributed by atoms with Gasteiger partial charge in [-0.2, -0.15) is 0 Å². The maximum Gasteiger partial charge on any atom is 0.232 e. The number of nitrogens with zero attached hydrogens (tertiary/aromatic N) is 4. The Bertz CT molecular complexity index is 882. The first kappa shape index (κ1) is 16.6. The van der Waals surface area contributed by atoms with Gasteiger partial charge in [-0.1, -0.05) is 18.2 Å². The Morgan fingerprint density at radius 2 is 1.92 bits per heavy atom. The van der Waals surface area contributed by atoms with Crippen molar-refractivity contribution in [3.05, 3.63) is 48.0 Å². The molecule has 0 atom stereocenters. The highest BCUT2D eigenvalue weighted by Gasteiger charge is 2.46. The van der Waals surface area contributed by atoms with E-state index in [0.717, 1.165) is 44.0 Å². The summed E-state index contributed by atoms with van der Waals surface area (Å²) in [5.41, 5.74) is 2.00. The molecule has 0 unspecified atom stereocenters. The third-order valence-corrected chi connectivity index (χ3v) is 6.82. The molecule has 2 aliphatic heterocycles. The number of rotatable bonds is 3. The van der Waals surface area contributed by atoms with E-state index in [0.29, 0.717) is 6.54 Å². The molecule has 1 aromatic carbocycles.